The van der Waals surface area contributed by atoms with E-state index in [1.54, 1.807) is 6.20 Å². The van der Waals surface area contributed by atoms with Crippen LogP contribution in [0.2, 0.25) is 0 Å². The molecule has 1 saturated heterocycles. The van der Waals surface area contributed by atoms with Crippen LogP contribution in [0.4, 0.5) is 19.5 Å². The van der Waals surface area contributed by atoms with Gasteiger partial charge in [-0.05, 0) is 36.3 Å². The fourth-order valence-electron chi connectivity index (χ4n) is 5.29. The number of pyridine rings is 1. The van der Waals surface area contributed by atoms with E-state index in [0.29, 0.717) is 44.6 Å². The smallest absolute Gasteiger partial charge is 0.277 e. The molecule has 5 rings (SSSR count). The number of benzene rings is 1. The Morgan fingerprint density at radius 1 is 1.23 bits per heavy atom. The molecule has 12 heteroatoms. The Morgan fingerprint density at radius 3 is 2.64 bits per heavy atom. The lowest BCUT2D eigenvalue weighted by atomic mass is 9.74. The molecular weight excluding hydrogens is 528 g/mol. The Hall–Kier alpha value is -3.19. The summed E-state index contributed by atoms with van der Waals surface area (Å²) in [4.78, 5) is 21.5. The summed E-state index contributed by atoms with van der Waals surface area (Å²) < 4.78 is 41.1. The predicted molar refractivity (Wildman–Crippen MR) is 144 cm³/mol. The fourth-order valence-corrected chi connectivity index (χ4v) is 6.16. The van der Waals surface area contributed by atoms with Crippen molar-refractivity contribution in [3.05, 3.63) is 53.5 Å². The molecule has 1 aliphatic carbocycles. The number of halogens is 2. The van der Waals surface area contributed by atoms with Gasteiger partial charge in [0, 0.05) is 37.2 Å². The van der Waals surface area contributed by atoms with Gasteiger partial charge >= 0.3 is 0 Å². The van der Waals surface area contributed by atoms with E-state index in [-0.39, 0.29) is 51.0 Å². The minimum Gasteiger partial charge on any atom is -0.490 e. The second-order valence-electron chi connectivity index (χ2n) is 10.1. The molecule has 2 fully saturated rings. The van der Waals surface area contributed by atoms with Crippen molar-refractivity contribution in [2.24, 2.45) is 11.7 Å². The average Bonchev–Trinajstić information content (AvgIpc) is 3.28. The number of carbonyl (C=O) groups excluding carboxylic acids is 1. The van der Waals surface area contributed by atoms with Crippen LogP contribution in [0.3, 0.4) is 0 Å². The average molecular weight is 560 g/mol. The molecular formula is C27H31F2N5O4S. The number of hydrogen-bond acceptors (Lipinski definition) is 9. The number of ether oxygens (including phenoxy) is 2. The maximum Gasteiger partial charge on any atom is 0.277 e. The maximum atomic E-state index is 15.0. The number of nitrogen functional groups attached to an aromatic ring is 1. The van der Waals surface area contributed by atoms with Crippen molar-refractivity contribution in [1.29, 1.82) is 0 Å². The first-order valence-electron chi connectivity index (χ1n) is 12.9. The highest BCUT2D eigenvalue weighted by atomic mass is 32.1. The molecule has 3 aromatic rings. The van der Waals surface area contributed by atoms with Crippen molar-refractivity contribution >= 4 is 27.9 Å². The Morgan fingerprint density at radius 2 is 1.95 bits per heavy atom. The van der Waals surface area contributed by atoms with Crippen molar-refractivity contribution in [3.63, 3.8) is 0 Å². The van der Waals surface area contributed by atoms with Crippen LogP contribution in [0, 0.1) is 17.6 Å². The summed E-state index contributed by atoms with van der Waals surface area (Å²) in [5, 5.41) is 13.0. The highest BCUT2D eigenvalue weighted by molar-refractivity contribution is 7.19. The molecule has 39 heavy (non-hydrogen) atoms. The van der Waals surface area contributed by atoms with Gasteiger partial charge in [-0.25, -0.2) is 13.8 Å². The van der Waals surface area contributed by atoms with E-state index >= 15 is 8.78 Å². The summed E-state index contributed by atoms with van der Waals surface area (Å²) >= 11 is 0.818. The van der Waals surface area contributed by atoms with Crippen molar-refractivity contribution in [1.82, 2.24) is 9.97 Å². The van der Waals surface area contributed by atoms with Gasteiger partial charge in [0.2, 0.25) is 0 Å². The van der Waals surface area contributed by atoms with Gasteiger partial charge in [0.25, 0.3) is 5.91 Å². The van der Waals surface area contributed by atoms with Gasteiger partial charge in [-0.15, -0.1) is 0 Å². The highest BCUT2D eigenvalue weighted by Crippen LogP contribution is 2.39. The Bertz CT molecular complexity index is 1310. The third-order valence-electron chi connectivity index (χ3n) is 7.35. The second kappa shape index (κ2) is 11.5. The lowest BCUT2D eigenvalue weighted by Gasteiger charge is -2.36. The molecule has 1 saturated carbocycles. The summed E-state index contributed by atoms with van der Waals surface area (Å²) in [6.45, 7) is 3.01. The van der Waals surface area contributed by atoms with E-state index in [1.165, 1.54) is 6.20 Å². The van der Waals surface area contributed by atoms with E-state index in [4.69, 9.17) is 20.9 Å². The molecule has 0 radical (unpaired) electrons. The van der Waals surface area contributed by atoms with E-state index in [9.17, 15) is 9.90 Å². The van der Waals surface area contributed by atoms with Crippen molar-refractivity contribution in [2.75, 3.05) is 24.3 Å². The van der Waals surface area contributed by atoms with Crippen molar-refractivity contribution < 1.29 is 28.2 Å². The van der Waals surface area contributed by atoms with Crippen LogP contribution in [-0.2, 0) is 4.74 Å². The summed E-state index contributed by atoms with van der Waals surface area (Å²) in [7, 11) is 0. The number of aromatic nitrogens is 2. The Kier molecular flexibility index (Phi) is 8.08. The Balaban J connectivity index is 1.35. The molecule has 2 aromatic heterocycles. The number of amides is 1. The zero-order valence-electron chi connectivity index (χ0n) is 21.4. The molecule has 0 spiro atoms. The number of rotatable bonds is 6. The Labute approximate surface area is 228 Å². The van der Waals surface area contributed by atoms with E-state index in [0.717, 1.165) is 29.0 Å². The molecule has 4 atom stereocenters. The molecule has 9 nitrogen and oxygen atoms in total. The zero-order chi connectivity index (χ0) is 27.7. The predicted octanol–water partition coefficient (Wildman–Crippen LogP) is 4.08. The number of nitrogens with zero attached hydrogens (tertiary/aromatic N) is 2. The van der Waals surface area contributed by atoms with Crippen molar-refractivity contribution in [3.8, 4) is 16.3 Å². The van der Waals surface area contributed by atoms with E-state index in [1.807, 2.05) is 13.0 Å². The largest absolute Gasteiger partial charge is 0.490 e. The molecule has 208 valence electrons. The molecule has 6 N–H and O–H groups in total. The van der Waals surface area contributed by atoms with Gasteiger partial charge in [0.05, 0.1) is 36.8 Å². The van der Waals surface area contributed by atoms with Crippen LogP contribution < -0.4 is 21.5 Å². The number of aliphatic hydroxyl groups is 1. The number of thiazole rings is 1. The standard InChI is InChI=1S/C27H31F2N5O4S/c1-13-8-14(9-20(30)24(13)35)17-2-5-32-12-21(17)33-26(36)23-25(31)39-27(34-23)22-18(28)10-16(11-19(22)29)38-15-3-6-37-7-4-15/h2,5,10-15,20,24,35H,3-4,6-9,30-31H2,1H3,(H,33,36)/t13-,14+,20+,24+/m0/s1. The van der Waals surface area contributed by atoms with Crippen LogP contribution in [0.15, 0.2) is 30.6 Å². The number of aliphatic hydroxyl groups excluding tert-OH is 1. The van der Waals surface area contributed by atoms with E-state index in [2.05, 4.69) is 15.3 Å². The van der Waals surface area contributed by atoms with Gasteiger partial charge in [-0.2, -0.15) is 0 Å². The molecule has 1 amide bonds. The monoisotopic (exact) mass is 559 g/mol. The summed E-state index contributed by atoms with van der Waals surface area (Å²) in [5.74, 6) is -2.28. The first-order chi connectivity index (χ1) is 18.7. The molecule has 0 unspecified atom stereocenters. The van der Waals surface area contributed by atoms with Crippen LogP contribution in [0.5, 0.6) is 5.75 Å². The minimum absolute atomic E-state index is 0.00473. The third-order valence-corrected chi connectivity index (χ3v) is 8.25. The summed E-state index contributed by atoms with van der Waals surface area (Å²) in [6.07, 6.45) is 4.91. The topological polar surface area (TPSA) is 146 Å². The van der Waals surface area contributed by atoms with Gasteiger partial charge in [0.1, 0.15) is 33.5 Å². The number of anilines is 2. The minimum atomic E-state index is -0.864. The molecule has 1 aromatic carbocycles. The van der Waals surface area contributed by atoms with Gasteiger partial charge in [0.15, 0.2) is 5.69 Å². The fraction of sp³-hybridized carbons (Fsp3) is 0.444. The third kappa shape index (κ3) is 5.88. The van der Waals surface area contributed by atoms with Crippen LogP contribution in [0.1, 0.15) is 54.6 Å². The van der Waals surface area contributed by atoms with E-state index < -0.39 is 23.6 Å². The summed E-state index contributed by atoms with van der Waals surface area (Å²) in [5.41, 5.74) is 13.0. The van der Waals surface area contributed by atoms with Gasteiger partial charge in [-0.3, -0.25) is 9.78 Å². The zero-order valence-corrected chi connectivity index (χ0v) is 22.2. The molecule has 3 heterocycles. The van der Waals surface area contributed by atoms with Crippen molar-refractivity contribution in [2.45, 2.75) is 56.8 Å². The van der Waals surface area contributed by atoms with Crippen LogP contribution in [0.25, 0.3) is 10.6 Å². The number of carbonyl (C=O) groups is 1. The van der Waals surface area contributed by atoms with Gasteiger partial charge in [-0.1, -0.05) is 18.3 Å². The van der Waals surface area contributed by atoms with Crippen LogP contribution in [-0.4, -0.2) is 52.4 Å². The molecule has 1 aliphatic heterocycles. The SMILES string of the molecule is C[C@H]1C[C@@H](c2ccncc2NC(=O)c2nc(-c3c(F)cc(OC4CCOCC4)cc3F)sc2N)C[C@@H](N)[C@@H]1O. The quantitative estimate of drug-likeness (QED) is 0.354. The first-order valence-corrected chi connectivity index (χ1v) is 13.7. The summed E-state index contributed by atoms with van der Waals surface area (Å²) in [6, 6.07) is 3.65. The maximum absolute atomic E-state index is 15.0. The number of nitrogens with one attached hydrogen (secondary N) is 1. The lowest BCUT2D eigenvalue weighted by molar-refractivity contribution is 0.0253. The van der Waals surface area contributed by atoms with Crippen LogP contribution >= 0.6 is 11.3 Å². The second-order valence-corrected chi connectivity index (χ2v) is 11.2. The molecule has 2 aliphatic rings. The highest BCUT2D eigenvalue weighted by Gasteiger charge is 2.34. The molecule has 0 bridgehead atoms. The van der Waals surface area contributed by atoms with Gasteiger partial charge < -0.3 is 31.4 Å². The lowest BCUT2D eigenvalue weighted by Crippen LogP contribution is -2.44. The first kappa shape index (κ1) is 27.4. The number of hydrogen-bond donors (Lipinski definition) is 4. The number of nitrogens with two attached hydrogens (primary N) is 2. The normalized spacial score (nSPS) is 23.9.